The molecule has 2 heterocycles. The molecule has 0 aliphatic carbocycles. The van der Waals surface area contributed by atoms with E-state index in [2.05, 4.69) is 15.6 Å². The summed E-state index contributed by atoms with van der Waals surface area (Å²) in [6.07, 6.45) is 1.54. The molecule has 0 unspecified atom stereocenters. The summed E-state index contributed by atoms with van der Waals surface area (Å²) in [6.45, 7) is 2.97. The van der Waals surface area contributed by atoms with Crippen molar-refractivity contribution in [3.05, 3.63) is 35.3 Å². The Morgan fingerprint density at radius 3 is 2.89 bits per heavy atom. The lowest BCUT2D eigenvalue weighted by Crippen LogP contribution is -2.24. The second-order valence-corrected chi connectivity index (χ2v) is 4.35. The minimum atomic E-state index is -0.318. The highest BCUT2D eigenvalue weighted by molar-refractivity contribution is 6.08. The number of anilines is 1. The van der Waals surface area contributed by atoms with Gasteiger partial charge in [0.1, 0.15) is 5.82 Å². The summed E-state index contributed by atoms with van der Waals surface area (Å²) in [7, 11) is 0. The summed E-state index contributed by atoms with van der Waals surface area (Å²) in [5.74, 6) is -0.493. The van der Waals surface area contributed by atoms with E-state index in [0.717, 1.165) is 11.1 Å². The minimum Gasteiger partial charge on any atom is -0.382 e. The first kappa shape index (κ1) is 11.0. The molecule has 0 spiro atoms. The molecule has 0 bridgehead atoms. The van der Waals surface area contributed by atoms with Gasteiger partial charge in [-0.2, -0.15) is 0 Å². The monoisotopic (exact) mass is 245 g/mol. The van der Waals surface area contributed by atoms with Gasteiger partial charge in [0.25, 0.3) is 5.91 Å². The number of carbonyl (C=O) groups is 1. The number of halogens is 1. The molecule has 1 aromatic carbocycles. The Labute approximate surface area is 103 Å². The van der Waals surface area contributed by atoms with Gasteiger partial charge < -0.3 is 10.6 Å². The molecule has 2 aromatic rings. The third-order valence-electron chi connectivity index (χ3n) is 3.08. The van der Waals surface area contributed by atoms with Crippen molar-refractivity contribution in [2.75, 3.05) is 18.4 Å². The molecule has 1 aliphatic rings. The van der Waals surface area contributed by atoms with Crippen LogP contribution in [-0.4, -0.2) is 24.0 Å². The fourth-order valence-electron chi connectivity index (χ4n) is 2.26. The maximum Gasteiger partial charge on any atom is 0.255 e. The van der Waals surface area contributed by atoms with E-state index < -0.39 is 0 Å². The fraction of sp³-hybridized carbons (Fsp3) is 0.231. The van der Waals surface area contributed by atoms with Crippen LogP contribution in [0.2, 0.25) is 0 Å². The lowest BCUT2D eigenvalue weighted by Gasteiger charge is -2.11. The van der Waals surface area contributed by atoms with E-state index in [0.29, 0.717) is 29.7 Å². The second-order valence-electron chi connectivity index (χ2n) is 4.35. The maximum absolute atomic E-state index is 13.5. The predicted octanol–water partition coefficient (Wildman–Crippen LogP) is 1.84. The Bertz CT molecular complexity index is 654. The number of aryl methyl sites for hydroxylation is 1. The van der Waals surface area contributed by atoms with Crippen LogP contribution < -0.4 is 10.6 Å². The summed E-state index contributed by atoms with van der Waals surface area (Å²) in [5.41, 5.74) is 2.61. The molecule has 1 aliphatic heterocycles. The van der Waals surface area contributed by atoms with Crippen molar-refractivity contribution >= 4 is 22.5 Å². The molecule has 0 radical (unpaired) electrons. The lowest BCUT2D eigenvalue weighted by molar-refractivity contribution is 0.0958. The van der Waals surface area contributed by atoms with Gasteiger partial charge in [0, 0.05) is 24.7 Å². The van der Waals surface area contributed by atoms with Crippen LogP contribution in [0.25, 0.3) is 10.9 Å². The van der Waals surface area contributed by atoms with Gasteiger partial charge in [-0.25, -0.2) is 4.39 Å². The van der Waals surface area contributed by atoms with E-state index >= 15 is 0 Å². The van der Waals surface area contributed by atoms with Crippen molar-refractivity contribution in [2.45, 2.75) is 6.92 Å². The SMILES string of the molecule is Cc1cc(F)cc2c3c(cnc12)C(=O)NCCN3. The molecule has 4 nitrogen and oxygen atoms in total. The first-order valence-electron chi connectivity index (χ1n) is 5.78. The Morgan fingerprint density at radius 2 is 2.06 bits per heavy atom. The molecular weight excluding hydrogens is 233 g/mol. The largest absolute Gasteiger partial charge is 0.382 e. The molecule has 18 heavy (non-hydrogen) atoms. The van der Waals surface area contributed by atoms with Crippen LogP contribution in [-0.2, 0) is 0 Å². The Balaban J connectivity index is 2.37. The Hall–Kier alpha value is -2.17. The number of nitrogens with one attached hydrogen (secondary N) is 2. The predicted molar refractivity (Wildman–Crippen MR) is 67.3 cm³/mol. The molecule has 92 valence electrons. The van der Waals surface area contributed by atoms with Gasteiger partial charge in [-0.3, -0.25) is 9.78 Å². The second kappa shape index (κ2) is 3.94. The van der Waals surface area contributed by atoms with Gasteiger partial charge >= 0.3 is 0 Å². The highest BCUT2D eigenvalue weighted by atomic mass is 19.1. The van der Waals surface area contributed by atoms with Crippen molar-refractivity contribution < 1.29 is 9.18 Å². The smallest absolute Gasteiger partial charge is 0.255 e. The van der Waals surface area contributed by atoms with Crippen LogP contribution >= 0.6 is 0 Å². The maximum atomic E-state index is 13.5. The van der Waals surface area contributed by atoms with Gasteiger partial charge in [0.05, 0.1) is 16.8 Å². The first-order valence-corrected chi connectivity index (χ1v) is 5.78. The number of aromatic nitrogens is 1. The third kappa shape index (κ3) is 1.59. The van der Waals surface area contributed by atoms with E-state index in [1.165, 1.54) is 18.3 Å². The van der Waals surface area contributed by atoms with E-state index in [1.807, 2.05) is 6.92 Å². The molecule has 2 N–H and O–H groups in total. The quantitative estimate of drug-likeness (QED) is 0.744. The van der Waals surface area contributed by atoms with Crippen molar-refractivity contribution in [3.8, 4) is 0 Å². The van der Waals surface area contributed by atoms with Crippen molar-refractivity contribution in [3.63, 3.8) is 0 Å². The van der Waals surface area contributed by atoms with Crippen LogP contribution in [0, 0.1) is 12.7 Å². The average molecular weight is 245 g/mol. The number of rotatable bonds is 0. The zero-order valence-corrected chi connectivity index (χ0v) is 9.88. The molecule has 0 atom stereocenters. The number of benzene rings is 1. The molecular formula is C13H12FN3O. The van der Waals surface area contributed by atoms with Gasteiger partial charge in [-0.05, 0) is 24.6 Å². The molecule has 0 saturated heterocycles. The molecule has 0 fully saturated rings. The number of pyridine rings is 1. The highest BCUT2D eigenvalue weighted by Crippen LogP contribution is 2.29. The zero-order chi connectivity index (χ0) is 12.7. The minimum absolute atomic E-state index is 0.175. The number of hydrogen-bond acceptors (Lipinski definition) is 3. The topological polar surface area (TPSA) is 54.0 Å². The van der Waals surface area contributed by atoms with Crippen LogP contribution in [0.4, 0.5) is 10.1 Å². The highest BCUT2D eigenvalue weighted by Gasteiger charge is 2.18. The normalized spacial score (nSPS) is 14.7. The van der Waals surface area contributed by atoms with Gasteiger partial charge in [-0.1, -0.05) is 0 Å². The van der Waals surface area contributed by atoms with Gasteiger partial charge in [0.2, 0.25) is 0 Å². The van der Waals surface area contributed by atoms with Crippen molar-refractivity contribution in [1.29, 1.82) is 0 Å². The number of hydrogen-bond donors (Lipinski definition) is 2. The Morgan fingerprint density at radius 1 is 1.28 bits per heavy atom. The van der Waals surface area contributed by atoms with Crippen molar-refractivity contribution in [1.82, 2.24) is 10.3 Å². The van der Waals surface area contributed by atoms with Crippen molar-refractivity contribution in [2.24, 2.45) is 0 Å². The summed E-state index contributed by atoms with van der Waals surface area (Å²) < 4.78 is 13.5. The first-order chi connectivity index (χ1) is 8.66. The molecule has 1 aromatic heterocycles. The molecule has 3 rings (SSSR count). The van der Waals surface area contributed by atoms with E-state index in [9.17, 15) is 9.18 Å². The summed E-state index contributed by atoms with van der Waals surface area (Å²) in [5, 5.41) is 6.58. The number of amides is 1. The van der Waals surface area contributed by atoms with Crippen LogP contribution in [0.1, 0.15) is 15.9 Å². The van der Waals surface area contributed by atoms with E-state index in [-0.39, 0.29) is 11.7 Å². The third-order valence-corrected chi connectivity index (χ3v) is 3.08. The molecule has 1 amide bonds. The lowest BCUT2D eigenvalue weighted by atomic mass is 10.1. The van der Waals surface area contributed by atoms with Crippen LogP contribution in [0.3, 0.4) is 0 Å². The summed E-state index contributed by atoms with van der Waals surface area (Å²) in [6, 6.07) is 2.86. The number of carbonyl (C=O) groups excluding carboxylic acids is 1. The van der Waals surface area contributed by atoms with Gasteiger partial charge in [0.15, 0.2) is 0 Å². The standard InChI is InChI=1S/C13H12FN3O/c1-7-4-8(14)5-9-11(7)17-6-10-12(9)15-2-3-16-13(10)18/h4-6,15H,2-3H2,1H3,(H,16,18). The zero-order valence-electron chi connectivity index (χ0n) is 9.88. The fourth-order valence-corrected chi connectivity index (χ4v) is 2.26. The van der Waals surface area contributed by atoms with Gasteiger partial charge in [-0.15, -0.1) is 0 Å². The number of fused-ring (bicyclic) bond motifs is 3. The van der Waals surface area contributed by atoms with Crippen LogP contribution in [0.15, 0.2) is 18.3 Å². The number of nitrogens with zero attached hydrogens (tertiary/aromatic N) is 1. The van der Waals surface area contributed by atoms with E-state index in [1.54, 1.807) is 0 Å². The average Bonchev–Trinajstić information content (AvgIpc) is 2.51. The van der Waals surface area contributed by atoms with E-state index in [4.69, 9.17) is 0 Å². The summed E-state index contributed by atoms with van der Waals surface area (Å²) in [4.78, 5) is 16.1. The van der Waals surface area contributed by atoms with Crippen LogP contribution in [0.5, 0.6) is 0 Å². The molecule has 0 saturated carbocycles. The Kier molecular flexibility index (Phi) is 2.40. The molecule has 5 heteroatoms. The summed E-state index contributed by atoms with van der Waals surface area (Å²) >= 11 is 0.